The van der Waals surface area contributed by atoms with Gasteiger partial charge in [-0.05, 0) is 37.6 Å². The summed E-state index contributed by atoms with van der Waals surface area (Å²) < 4.78 is 0. The van der Waals surface area contributed by atoms with Gasteiger partial charge in [0.25, 0.3) is 0 Å². The number of hydrogen-bond donors (Lipinski definition) is 1. The van der Waals surface area contributed by atoms with Crippen molar-refractivity contribution in [3.8, 4) is 6.19 Å². The quantitative estimate of drug-likeness (QED) is 0.386. The molecular weight excluding hydrogens is 234 g/mol. The Balaban J connectivity index is 2.88. The van der Waals surface area contributed by atoms with E-state index in [9.17, 15) is 0 Å². The van der Waals surface area contributed by atoms with E-state index in [0.29, 0.717) is 10.9 Å². The lowest BCUT2D eigenvalue weighted by Crippen LogP contribution is -2.16. The van der Waals surface area contributed by atoms with Crippen LogP contribution in [0.15, 0.2) is 35.3 Å². The number of nitrogens with zero attached hydrogens (tertiary/aromatic N) is 2. The fourth-order valence-corrected chi connectivity index (χ4v) is 1.43. The zero-order valence-corrected chi connectivity index (χ0v) is 10.6. The third-order valence-corrected chi connectivity index (χ3v) is 2.25. The highest BCUT2D eigenvalue weighted by molar-refractivity contribution is 6.32. The molecule has 0 aromatic heterocycles. The minimum atomic E-state index is 0.127. The van der Waals surface area contributed by atoms with E-state index in [0.717, 1.165) is 5.56 Å². The van der Waals surface area contributed by atoms with Crippen LogP contribution in [-0.4, -0.2) is 11.9 Å². The highest BCUT2D eigenvalue weighted by Gasteiger charge is 1.97. The lowest BCUT2D eigenvalue weighted by Gasteiger charge is -2.01. The standard InChI is InChI=1S/C13H14ClN3/c1-10(2)17-13(16-9-15)8-7-11-5-3-4-6-12(11)14/h3-8,10H,1-2H3,(H,16,17)/b8-7+. The summed E-state index contributed by atoms with van der Waals surface area (Å²) in [7, 11) is 0. The molecule has 0 aliphatic rings. The molecule has 3 nitrogen and oxygen atoms in total. The van der Waals surface area contributed by atoms with Crippen molar-refractivity contribution in [3.63, 3.8) is 0 Å². The Bertz CT molecular complexity index is 470. The zero-order chi connectivity index (χ0) is 12.7. The number of nitrogens with one attached hydrogen (secondary N) is 1. The van der Waals surface area contributed by atoms with Crippen LogP contribution in [0, 0.1) is 11.5 Å². The van der Waals surface area contributed by atoms with Gasteiger partial charge in [-0.1, -0.05) is 29.8 Å². The number of benzene rings is 1. The van der Waals surface area contributed by atoms with Crippen LogP contribution in [0.25, 0.3) is 6.08 Å². The van der Waals surface area contributed by atoms with Crippen molar-refractivity contribution in [2.45, 2.75) is 19.9 Å². The van der Waals surface area contributed by atoms with E-state index in [1.54, 1.807) is 6.08 Å². The van der Waals surface area contributed by atoms with Crippen LogP contribution >= 0.6 is 11.6 Å². The van der Waals surface area contributed by atoms with Crippen molar-refractivity contribution < 1.29 is 0 Å². The molecule has 0 fully saturated rings. The molecule has 1 N–H and O–H groups in total. The van der Waals surface area contributed by atoms with E-state index < -0.39 is 0 Å². The second-order valence-electron chi connectivity index (χ2n) is 3.70. The van der Waals surface area contributed by atoms with E-state index >= 15 is 0 Å². The molecule has 0 unspecified atom stereocenters. The summed E-state index contributed by atoms with van der Waals surface area (Å²) in [5.74, 6) is 0.530. The molecule has 4 heteroatoms. The Morgan fingerprint density at radius 2 is 2.18 bits per heavy atom. The summed E-state index contributed by atoms with van der Waals surface area (Å²) in [6.07, 6.45) is 5.43. The highest BCUT2D eigenvalue weighted by Crippen LogP contribution is 2.16. The molecule has 1 aromatic carbocycles. The molecule has 0 radical (unpaired) electrons. The number of rotatable bonds is 3. The number of nitriles is 1. The summed E-state index contributed by atoms with van der Waals surface area (Å²) >= 11 is 6.01. The van der Waals surface area contributed by atoms with E-state index in [4.69, 9.17) is 16.9 Å². The summed E-state index contributed by atoms with van der Waals surface area (Å²) in [6, 6.07) is 7.62. The van der Waals surface area contributed by atoms with E-state index in [2.05, 4.69) is 10.3 Å². The summed E-state index contributed by atoms with van der Waals surface area (Å²) in [5.41, 5.74) is 0.894. The van der Waals surface area contributed by atoms with Crippen LogP contribution in [0.4, 0.5) is 0 Å². The fourth-order valence-electron chi connectivity index (χ4n) is 1.23. The SMILES string of the molecule is CC(C)N=C(/C=C/c1ccccc1Cl)NC#N. The van der Waals surface area contributed by atoms with Crippen LogP contribution in [0.1, 0.15) is 19.4 Å². The van der Waals surface area contributed by atoms with Crippen molar-refractivity contribution in [1.29, 1.82) is 5.26 Å². The smallest absolute Gasteiger partial charge is 0.182 e. The number of amidine groups is 1. The molecule has 0 saturated heterocycles. The molecule has 0 spiro atoms. The molecule has 0 amide bonds. The van der Waals surface area contributed by atoms with Crippen molar-refractivity contribution in [2.24, 2.45) is 4.99 Å². The first-order chi connectivity index (χ1) is 8.13. The Labute approximate surface area is 106 Å². The van der Waals surface area contributed by atoms with E-state index in [-0.39, 0.29) is 6.04 Å². The van der Waals surface area contributed by atoms with E-state index in [1.165, 1.54) is 0 Å². The summed E-state index contributed by atoms with van der Waals surface area (Å²) in [6.45, 7) is 3.89. The first kappa shape index (κ1) is 13.3. The molecule has 0 atom stereocenters. The van der Waals surface area contributed by atoms with Gasteiger partial charge in [0.2, 0.25) is 0 Å². The van der Waals surface area contributed by atoms with E-state index in [1.807, 2.05) is 50.4 Å². The largest absolute Gasteiger partial charge is 0.277 e. The van der Waals surface area contributed by atoms with Crippen molar-refractivity contribution in [1.82, 2.24) is 5.32 Å². The van der Waals surface area contributed by atoms with Gasteiger partial charge in [-0.25, -0.2) is 0 Å². The van der Waals surface area contributed by atoms with Gasteiger partial charge in [-0.15, -0.1) is 0 Å². The van der Waals surface area contributed by atoms with Gasteiger partial charge in [-0.3, -0.25) is 10.3 Å². The van der Waals surface area contributed by atoms with Gasteiger partial charge in [0.1, 0.15) is 5.84 Å². The Morgan fingerprint density at radius 3 is 2.76 bits per heavy atom. The average molecular weight is 248 g/mol. The van der Waals surface area contributed by atoms with Crippen LogP contribution < -0.4 is 5.32 Å². The van der Waals surface area contributed by atoms with Crippen LogP contribution in [0.3, 0.4) is 0 Å². The Kier molecular flexibility index (Phi) is 5.25. The van der Waals surface area contributed by atoms with Crippen LogP contribution in [0.5, 0.6) is 0 Å². The molecule has 1 aromatic rings. The predicted molar refractivity (Wildman–Crippen MR) is 71.8 cm³/mol. The Hall–Kier alpha value is -1.79. The Morgan fingerprint density at radius 1 is 1.47 bits per heavy atom. The van der Waals surface area contributed by atoms with Gasteiger partial charge in [0, 0.05) is 11.1 Å². The molecule has 0 saturated carbocycles. The fraction of sp³-hybridized carbons (Fsp3) is 0.231. The number of aliphatic imine (C=N–C) groups is 1. The summed E-state index contributed by atoms with van der Waals surface area (Å²) in [4.78, 5) is 4.26. The van der Waals surface area contributed by atoms with Gasteiger partial charge in [0.05, 0.1) is 0 Å². The van der Waals surface area contributed by atoms with Crippen molar-refractivity contribution in [2.75, 3.05) is 0 Å². The van der Waals surface area contributed by atoms with Gasteiger partial charge >= 0.3 is 0 Å². The third-order valence-electron chi connectivity index (χ3n) is 1.91. The molecule has 1 rings (SSSR count). The average Bonchev–Trinajstić information content (AvgIpc) is 2.27. The second kappa shape index (κ2) is 6.72. The summed E-state index contributed by atoms with van der Waals surface area (Å²) in [5, 5.41) is 11.8. The predicted octanol–water partition coefficient (Wildman–Crippen LogP) is 3.23. The lowest BCUT2D eigenvalue weighted by molar-refractivity contribution is 0.831. The first-order valence-corrected chi connectivity index (χ1v) is 5.67. The third kappa shape index (κ3) is 4.71. The number of halogens is 1. The highest BCUT2D eigenvalue weighted by atomic mass is 35.5. The van der Waals surface area contributed by atoms with Crippen molar-refractivity contribution in [3.05, 3.63) is 40.9 Å². The normalized spacial score (nSPS) is 11.8. The van der Waals surface area contributed by atoms with Gasteiger partial charge in [0.15, 0.2) is 6.19 Å². The molecule has 88 valence electrons. The zero-order valence-electron chi connectivity index (χ0n) is 9.81. The first-order valence-electron chi connectivity index (χ1n) is 5.29. The molecule has 0 bridgehead atoms. The lowest BCUT2D eigenvalue weighted by atomic mass is 10.2. The topological polar surface area (TPSA) is 48.2 Å². The van der Waals surface area contributed by atoms with Crippen LogP contribution in [-0.2, 0) is 0 Å². The maximum Gasteiger partial charge on any atom is 0.182 e. The molecule has 0 aliphatic carbocycles. The minimum absolute atomic E-state index is 0.127. The molecule has 0 aliphatic heterocycles. The molecule has 0 heterocycles. The van der Waals surface area contributed by atoms with Gasteiger partial charge < -0.3 is 0 Å². The minimum Gasteiger partial charge on any atom is -0.277 e. The van der Waals surface area contributed by atoms with Crippen molar-refractivity contribution >= 4 is 23.5 Å². The maximum absolute atomic E-state index is 8.60. The molecule has 17 heavy (non-hydrogen) atoms. The van der Waals surface area contributed by atoms with Gasteiger partial charge in [-0.2, -0.15) is 5.26 Å². The number of hydrogen-bond acceptors (Lipinski definition) is 2. The molecular formula is C13H14ClN3. The maximum atomic E-state index is 8.60. The second-order valence-corrected chi connectivity index (χ2v) is 4.11. The van der Waals surface area contributed by atoms with Crippen LogP contribution in [0.2, 0.25) is 5.02 Å². The monoisotopic (exact) mass is 247 g/mol.